The van der Waals surface area contributed by atoms with E-state index >= 15 is 0 Å². The molecule has 1 aromatic carbocycles. The third-order valence-corrected chi connectivity index (χ3v) is 4.76. The first-order chi connectivity index (χ1) is 10.1. The predicted octanol–water partition coefficient (Wildman–Crippen LogP) is 4.24. The van der Waals surface area contributed by atoms with E-state index in [1.54, 1.807) is 18.3 Å². The summed E-state index contributed by atoms with van der Waals surface area (Å²) in [5.74, 6) is -0.997. The Morgan fingerprint density at radius 1 is 1.14 bits per heavy atom. The number of carbonyl (C=O) groups is 1. The number of nitrogens with zero attached hydrogens (tertiary/aromatic N) is 2. The van der Waals surface area contributed by atoms with E-state index < -0.39 is 5.97 Å². The van der Waals surface area contributed by atoms with Crippen molar-refractivity contribution in [3.63, 3.8) is 0 Å². The fraction of sp³-hybridized carbons (Fsp3) is 0. The van der Waals surface area contributed by atoms with Gasteiger partial charge in [0, 0.05) is 11.6 Å². The molecule has 0 aliphatic carbocycles. The van der Waals surface area contributed by atoms with Crippen molar-refractivity contribution in [2.24, 2.45) is 0 Å². The van der Waals surface area contributed by atoms with Gasteiger partial charge < -0.3 is 5.11 Å². The summed E-state index contributed by atoms with van der Waals surface area (Å²) >= 11 is 4.64. The molecule has 0 unspecified atom stereocenters. The minimum atomic E-state index is -0.997. The Kier molecular flexibility index (Phi) is 3.90. The highest BCUT2D eigenvalue weighted by atomic mass is 79.9. The van der Waals surface area contributed by atoms with Crippen molar-refractivity contribution < 1.29 is 9.90 Å². The van der Waals surface area contributed by atoms with Crippen LogP contribution in [0.2, 0.25) is 0 Å². The van der Waals surface area contributed by atoms with Gasteiger partial charge in [-0.3, -0.25) is 0 Å². The molecule has 0 aliphatic heterocycles. The van der Waals surface area contributed by atoms with E-state index in [0.29, 0.717) is 10.1 Å². The number of carboxylic acids is 1. The number of hydrogen-bond donors (Lipinski definition) is 1. The summed E-state index contributed by atoms with van der Waals surface area (Å²) in [6.07, 6.45) is 1.66. The van der Waals surface area contributed by atoms with Crippen LogP contribution in [0.25, 0.3) is 10.9 Å². The molecule has 3 aromatic rings. The van der Waals surface area contributed by atoms with E-state index in [2.05, 4.69) is 25.9 Å². The molecule has 0 saturated carbocycles. The summed E-state index contributed by atoms with van der Waals surface area (Å²) in [6, 6.07) is 12.7. The van der Waals surface area contributed by atoms with Gasteiger partial charge >= 0.3 is 5.97 Å². The quantitative estimate of drug-likeness (QED) is 0.756. The molecule has 21 heavy (non-hydrogen) atoms. The molecule has 2 aromatic heterocycles. The van der Waals surface area contributed by atoms with E-state index in [0.717, 1.165) is 15.4 Å². The van der Waals surface area contributed by atoms with Crippen molar-refractivity contribution in [3.8, 4) is 0 Å². The number of halogens is 1. The number of pyridine rings is 2. The Labute approximate surface area is 133 Å². The third kappa shape index (κ3) is 2.91. The van der Waals surface area contributed by atoms with E-state index in [-0.39, 0.29) is 5.56 Å². The molecule has 1 N–H and O–H groups in total. The van der Waals surface area contributed by atoms with Crippen molar-refractivity contribution in [1.82, 2.24) is 9.97 Å². The number of fused-ring (bicyclic) bond motifs is 1. The number of aromatic carboxylic acids is 1. The average Bonchev–Trinajstić information content (AvgIpc) is 2.48. The van der Waals surface area contributed by atoms with E-state index in [4.69, 9.17) is 0 Å². The first-order valence-electron chi connectivity index (χ1n) is 6.06. The van der Waals surface area contributed by atoms with Crippen molar-refractivity contribution >= 4 is 44.6 Å². The standard InChI is InChI=1S/C15H9BrN2O2S/c16-11-5-3-7-17-14(11)21-13-10(15(19)20)8-9-4-1-2-6-12(9)18-13/h1-8H,(H,19,20). The maximum atomic E-state index is 11.5. The zero-order valence-electron chi connectivity index (χ0n) is 10.7. The van der Waals surface area contributed by atoms with Gasteiger partial charge in [0.15, 0.2) is 0 Å². The lowest BCUT2D eigenvalue weighted by atomic mass is 10.1. The van der Waals surface area contributed by atoms with Gasteiger partial charge in [0.2, 0.25) is 0 Å². The lowest BCUT2D eigenvalue weighted by Gasteiger charge is -2.07. The Bertz CT molecular complexity index is 839. The molecule has 0 aliphatic rings. The molecule has 4 nitrogen and oxygen atoms in total. The van der Waals surface area contributed by atoms with Crippen LogP contribution in [0.1, 0.15) is 10.4 Å². The predicted molar refractivity (Wildman–Crippen MR) is 84.8 cm³/mol. The molecule has 6 heteroatoms. The van der Waals surface area contributed by atoms with Gasteiger partial charge in [-0.1, -0.05) is 18.2 Å². The molecule has 0 amide bonds. The maximum absolute atomic E-state index is 11.5. The molecule has 3 rings (SSSR count). The van der Waals surface area contributed by atoms with Gasteiger partial charge in [-0.15, -0.1) is 0 Å². The number of carboxylic acid groups (broad SMARTS) is 1. The van der Waals surface area contributed by atoms with Crippen LogP contribution in [0.4, 0.5) is 0 Å². The van der Waals surface area contributed by atoms with Gasteiger partial charge in [0.05, 0.1) is 15.6 Å². The van der Waals surface area contributed by atoms with Crippen molar-refractivity contribution in [2.75, 3.05) is 0 Å². The third-order valence-electron chi connectivity index (χ3n) is 2.84. The fourth-order valence-corrected chi connectivity index (χ4v) is 3.23. The monoisotopic (exact) mass is 360 g/mol. The largest absolute Gasteiger partial charge is 0.478 e. The van der Waals surface area contributed by atoms with Crippen LogP contribution in [0.3, 0.4) is 0 Å². The average molecular weight is 361 g/mol. The van der Waals surface area contributed by atoms with E-state index in [1.807, 2.05) is 30.3 Å². The van der Waals surface area contributed by atoms with Gasteiger partial charge in [-0.25, -0.2) is 14.8 Å². The van der Waals surface area contributed by atoms with E-state index in [1.165, 1.54) is 11.8 Å². The van der Waals surface area contributed by atoms with Crippen LogP contribution in [-0.2, 0) is 0 Å². The summed E-state index contributed by atoms with van der Waals surface area (Å²) in [5.41, 5.74) is 0.938. The Morgan fingerprint density at radius 2 is 1.95 bits per heavy atom. The zero-order chi connectivity index (χ0) is 14.8. The molecule has 104 valence electrons. The molecular formula is C15H9BrN2O2S. The molecular weight excluding hydrogens is 352 g/mol. The lowest BCUT2D eigenvalue weighted by Crippen LogP contribution is -2.01. The summed E-state index contributed by atoms with van der Waals surface area (Å²) in [6.45, 7) is 0. The van der Waals surface area contributed by atoms with Gasteiger partial charge in [-0.2, -0.15) is 0 Å². The number of para-hydroxylation sites is 1. The maximum Gasteiger partial charge on any atom is 0.338 e. The Balaban J connectivity index is 2.14. The van der Waals surface area contributed by atoms with Crippen LogP contribution >= 0.6 is 27.7 Å². The van der Waals surface area contributed by atoms with Crippen LogP contribution in [-0.4, -0.2) is 21.0 Å². The number of rotatable bonds is 3. The van der Waals surface area contributed by atoms with Crippen molar-refractivity contribution in [2.45, 2.75) is 10.1 Å². The first-order valence-corrected chi connectivity index (χ1v) is 7.67. The number of benzene rings is 1. The highest BCUT2D eigenvalue weighted by Crippen LogP contribution is 2.33. The van der Waals surface area contributed by atoms with Crippen LogP contribution in [0.15, 0.2) is 63.2 Å². The smallest absolute Gasteiger partial charge is 0.338 e. The second kappa shape index (κ2) is 5.83. The first kappa shape index (κ1) is 14.0. The summed E-state index contributed by atoms with van der Waals surface area (Å²) in [7, 11) is 0. The topological polar surface area (TPSA) is 63.1 Å². The number of aromatic nitrogens is 2. The van der Waals surface area contributed by atoms with Crippen LogP contribution in [0.5, 0.6) is 0 Å². The molecule has 0 saturated heterocycles. The number of hydrogen-bond acceptors (Lipinski definition) is 4. The van der Waals surface area contributed by atoms with Crippen LogP contribution < -0.4 is 0 Å². The summed E-state index contributed by atoms with van der Waals surface area (Å²) < 4.78 is 0.807. The molecule has 0 spiro atoms. The Morgan fingerprint density at radius 3 is 2.71 bits per heavy atom. The van der Waals surface area contributed by atoms with Gasteiger partial charge in [0.1, 0.15) is 10.1 Å². The normalized spacial score (nSPS) is 10.7. The SMILES string of the molecule is O=C(O)c1cc2ccccc2nc1Sc1ncccc1Br. The molecule has 0 fully saturated rings. The second-order valence-corrected chi connectivity index (χ2v) is 6.06. The van der Waals surface area contributed by atoms with Crippen LogP contribution in [0, 0.1) is 0 Å². The summed E-state index contributed by atoms with van der Waals surface area (Å²) in [4.78, 5) is 20.1. The van der Waals surface area contributed by atoms with Gasteiger partial charge in [-0.05, 0) is 52.0 Å². The van der Waals surface area contributed by atoms with Gasteiger partial charge in [0.25, 0.3) is 0 Å². The molecule has 2 heterocycles. The summed E-state index contributed by atoms with van der Waals surface area (Å²) in [5, 5.41) is 11.3. The molecule has 0 bridgehead atoms. The Hall–Kier alpha value is -1.92. The minimum absolute atomic E-state index is 0.177. The lowest BCUT2D eigenvalue weighted by molar-refractivity contribution is 0.0692. The second-order valence-electron chi connectivity index (χ2n) is 4.23. The van der Waals surface area contributed by atoms with Crippen molar-refractivity contribution in [1.29, 1.82) is 0 Å². The highest BCUT2D eigenvalue weighted by Gasteiger charge is 2.16. The molecule has 0 atom stereocenters. The highest BCUT2D eigenvalue weighted by molar-refractivity contribution is 9.10. The van der Waals surface area contributed by atoms with Crippen molar-refractivity contribution in [3.05, 3.63) is 58.7 Å². The fourth-order valence-electron chi connectivity index (χ4n) is 1.87. The zero-order valence-corrected chi connectivity index (χ0v) is 13.1. The van der Waals surface area contributed by atoms with E-state index in [9.17, 15) is 9.90 Å². The minimum Gasteiger partial charge on any atom is -0.478 e. The molecule has 0 radical (unpaired) electrons.